The highest BCUT2D eigenvalue weighted by Gasteiger charge is 2.19. The molecule has 3 N–H and O–H groups in total. The number of rotatable bonds is 10. The molecule has 0 fully saturated rings. The van der Waals surface area contributed by atoms with Crippen molar-refractivity contribution in [2.75, 3.05) is 20.3 Å². The lowest BCUT2D eigenvalue weighted by atomic mass is 10.2. The van der Waals surface area contributed by atoms with E-state index in [1.807, 2.05) is 6.07 Å². The van der Waals surface area contributed by atoms with Crippen molar-refractivity contribution in [1.29, 1.82) is 0 Å². The molecule has 1 aromatic carbocycles. The zero-order valence-electron chi connectivity index (χ0n) is 13.1. The first-order chi connectivity index (χ1) is 11.0. The van der Waals surface area contributed by atoms with Gasteiger partial charge in [-0.05, 0) is 18.6 Å². The molecule has 1 atom stereocenters. The van der Waals surface area contributed by atoms with E-state index in [-0.39, 0.29) is 31.3 Å². The molecule has 2 amide bonds. The molecule has 7 nitrogen and oxygen atoms in total. The SMILES string of the molecule is COCCC(NC(=O)CCCNC(=O)c1ccccc1)C(=O)O. The number of hydrogen-bond donors (Lipinski definition) is 3. The van der Waals surface area contributed by atoms with Gasteiger partial charge in [-0.2, -0.15) is 0 Å². The molecular formula is C16H22N2O5. The number of carbonyl (C=O) groups is 3. The average Bonchev–Trinajstić information content (AvgIpc) is 2.55. The summed E-state index contributed by atoms with van der Waals surface area (Å²) in [5, 5.41) is 14.1. The highest BCUT2D eigenvalue weighted by atomic mass is 16.5. The molecule has 0 radical (unpaired) electrons. The number of ether oxygens (including phenoxy) is 1. The Bertz CT molecular complexity index is 518. The van der Waals surface area contributed by atoms with E-state index >= 15 is 0 Å². The number of hydrogen-bond acceptors (Lipinski definition) is 4. The van der Waals surface area contributed by atoms with Gasteiger partial charge in [0.15, 0.2) is 0 Å². The first kappa shape index (κ1) is 18.6. The number of benzene rings is 1. The van der Waals surface area contributed by atoms with Crippen LogP contribution >= 0.6 is 0 Å². The third-order valence-corrected chi connectivity index (χ3v) is 3.15. The average molecular weight is 322 g/mol. The van der Waals surface area contributed by atoms with E-state index in [9.17, 15) is 14.4 Å². The van der Waals surface area contributed by atoms with Crippen LogP contribution in [0.25, 0.3) is 0 Å². The lowest BCUT2D eigenvalue weighted by molar-refractivity contribution is -0.142. The first-order valence-electron chi connectivity index (χ1n) is 7.39. The van der Waals surface area contributed by atoms with Crippen LogP contribution in [0, 0.1) is 0 Å². The number of carbonyl (C=O) groups excluding carboxylic acids is 2. The fraction of sp³-hybridized carbons (Fsp3) is 0.438. The zero-order chi connectivity index (χ0) is 17.1. The molecule has 0 aliphatic heterocycles. The molecule has 23 heavy (non-hydrogen) atoms. The van der Waals surface area contributed by atoms with Crippen LogP contribution in [0.4, 0.5) is 0 Å². The minimum atomic E-state index is -1.09. The van der Waals surface area contributed by atoms with E-state index < -0.39 is 12.0 Å². The van der Waals surface area contributed by atoms with E-state index in [1.165, 1.54) is 7.11 Å². The molecule has 0 aromatic heterocycles. The maximum atomic E-state index is 11.8. The van der Waals surface area contributed by atoms with E-state index in [0.29, 0.717) is 18.5 Å². The fourth-order valence-corrected chi connectivity index (χ4v) is 1.90. The summed E-state index contributed by atoms with van der Waals surface area (Å²) in [6, 6.07) is 7.82. The number of carboxylic acid groups (broad SMARTS) is 1. The van der Waals surface area contributed by atoms with Crippen molar-refractivity contribution in [2.45, 2.75) is 25.3 Å². The molecule has 1 unspecified atom stereocenters. The Hall–Kier alpha value is -2.41. The molecule has 0 saturated carbocycles. The van der Waals surface area contributed by atoms with Gasteiger partial charge in [0.1, 0.15) is 6.04 Å². The number of aliphatic carboxylic acids is 1. The minimum absolute atomic E-state index is 0.145. The highest BCUT2D eigenvalue weighted by Crippen LogP contribution is 1.99. The smallest absolute Gasteiger partial charge is 0.326 e. The van der Waals surface area contributed by atoms with Crippen molar-refractivity contribution in [3.05, 3.63) is 35.9 Å². The summed E-state index contributed by atoms with van der Waals surface area (Å²) in [5.74, 6) is -1.65. The Morgan fingerprint density at radius 1 is 1.22 bits per heavy atom. The maximum Gasteiger partial charge on any atom is 0.326 e. The zero-order valence-corrected chi connectivity index (χ0v) is 13.1. The summed E-state index contributed by atoms with van der Waals surface area (Å²) in [7, 11) is 1.47. The minimum Gasteiger partial charge on any atom is -0.480 e. The number of nitrogens with one attached hydrogen (secondary N) is 2. The van der Waals surface area contributed by atoms with Crippen molar-refractivity contribution in [3.8, 4) is 0 Å². The van der Waals surface area contributed by atoms with Gasteiger partial charge in [0.25, 0.3) is 5.91 Å². The van der Waals surface area contributed by atoms with Crippen LogP contribution in [0.1, 0.15) is 29.6 Å². The van der Waals surface area contributed by atoms with E-state index in [2.05, 4.69) is 10.6 Å². The first-order valence-corrected chi connectivity index (χ1v) is 7.39. The predicted octanol–water partition coefficient (Wildman–Crippen LogP) is 0.802. The molecule has 0 heterocycles. The molecule has 0 saturated heterocycles. The van der Waals surface area contributed by atoms with Crippen LogP contribution in [0.15, 0.2) is 30.3 Å². The van der Waals surface area contributed by atoms with Crippen LogP contribution in [-0.4, -0.2) is 49.2 Å². The molecule has 7 heteroatoms. The van der Waals surface area contributed by atoms with Gasteiger partial charge in [0, 0.05) is 38.7 Å². The number of amides is 2. The van der Waals surface area contributed by atoms with E-state index in [4.69, 9.17) is 9.84 Å². The van der Waals surface area contributed by atoms with Crippen molar-refractivity contribution >= 4 is 17.8 Å². The van der Waals surface area contributed by atoms with Crippen LogP contribution in [-0.2, 0) is 14.3 Å². The second-order valence-corrected chi connectivity index (χ2v) is 4.97. The highest BCUT2D eigenvalue weighted by molar-refractivity contribution is 5.94. The van der Waals surface area contributed by atoms with Crippen LogP contribution in [0.3, 0.4) is 0 Å². The molecule has 1 aromatic rings. The molecule has 0 aliphatic rings. The monoisotopic (exact) mass is 322 g/mol. The lowest BCUT2D eigenvalue weighted by Gasteiger charge is -2.14. The molecule has 1 rings (SSSR count). The van der Waals surface area contributed by atoms with Crippen LogP contribution in [0.5, 0.6) is 0 Å². The molecule has 0 aliphatic carbocycles. The summed E-state index contributed by atoms with van der Waals surface area (Å²) in [4.78, 5) is 34.5. The van der Waals surface area contributed by atoms with E-state index in [0.717, 1.165) is 0 Å². The molecular weight excluding hydrogens is 300 g/mol. The van der Waals surface area contributed by atoms with Gasteiger partial charge >= 0.3 is 5.97 Å². The van der Waals surface area contributed by atoms with Gasteiger partial charge in [-0.15, -0.1) is 0 Å². The van der Waals surface area contributed by atoms with Crippen molar-refractivity contribution in [2.24, 2.45) is 0 Å². The summed E-state index contributed by atoms with van der Waals surface area (Å²) in [5.41, 5.74) is 0.558. The largest absolute Gasteiger partial charge is 0.480 e. The van der Waals surface area contributed by atoms with Gasteiger partial charge in [-0.25, -0.2) is 4.79 Å². The fourth-order valence-electron chi connectivity index (χ4n) is 1.90. The Morgan fingerprint density at radius 3 is 2.52 bits per heavy atom. The predicted molar refractivity (Wildman–Crippen MR) is 84.1 cm³/mol. The molecule has 0 bridgehead atoms. The second kappa shape index (κ2) is 10.3. The Labute approximate surface area is 135 Å². The second-order valence-electron chi connectivity index (χ2n) is 4.97. The van der Waals surface area contributed by atoms with Crippen molar-refractivity contribution in [1.82, 2.24) is 10.6 Å². The summed E-state index contributed by atoms with van der Waals surface area (Å²) in [6.07, 6.45) is 0.787. The Balaban J connectivity index is 2.25. The van der Waals surface area contributed by atoms with Crippen molar-refractivity contribution in [3.63, 3.8) is 0 Å². The lowest BCUT2D eigenvalue weighted by Crippen LogP contribution is -2.41. The summed E-state index contributed by atoms with van der Waals surface area (Å²) in [6.45, 7) is 0.599. The number of carboxylic acids is 1. The van der Waals surface area contributed by atoms with Gasteiger partial charge in [0.2, 0.25) is 5.91 Å². The van der Waals surface area contributed by atoms with Crippen molar-refractivity contribution < 1.29 is 24.2 Å². The van der Waals surface area contributed by atoms with Crippen LogP contribution in [0.2, 0.25) is 0 Å². The van der Waals surface area contributed by atoms with Gasteiger partial charge < -0.3 is 20.5 Å². The quantitative estimate of drug-likeness (QED) is 0.553. The molecule has 0 spiro atoms. The number of methoxy groups -OCH3 is 1. The topological polar surface area (TPSA) is 105 Å². The molecule has 126 valence electrons. The Kier molecular flexibility index (Phi) is 8.38. The summed E-state index contributed by atoms with van der Waals surface area (Å²) < 4.78 is 4.81. The Morgan fingerprint density at radius 2 is 1.91 bits per heavy atom. The van der Waals surface area contributed by atoms with Gasteiger partial charge in [-0.3, -0.25) is 9.59 Å². The van der Waals surface area contributed by atoms with Crippen LogP contribution < -0.4 is 10.6 Å². The summed E-state index contributed by atoms with van der Waals surface area (Å²) >= 11 is 0. The van der Waals surface area contributed by atoms with Gasteiger partial charge in [0.05, 0.1) is 0 Å². The maximum absolute atomic E-state index is 11.8. The third kappa shape index (κ3) is 7.42. The standard InChI is InChI=1S/C16H22N2O5/c1-23-11-9-13(16(21)22)18-14(19)8-5-10-17-15(20)12-6-3-2-4-7-12/h2-4,6-7,13H,5,8-11H2,1H3,(H,17,20)(H,18,19)(H,21,22). The normalized spacial score (nSPS) is 11.5. The third-order valence-electron chi connectivity index (χ3n) is 3.15. The van der Waals surface area contributed by atoms with Gasteiger partial charge in [-0.1, -0.05) is 18.2 Å². The van der Waals surface area contributed by atoms with E-state index in [1.54, 1.807) is 24.3 Å².